The van der Waals surface area contributed by atoms with Crippen molar-refractivity contribution in [3.05, 3.63) is 29.8 Å². The topological polar surface area (TPSA) is 30.5 Å². The van der Waals surface area contributed by atoms with Gasteiger partial charge in [-0.2, -0.15) is 0 Å². The minimum atomic E-state index is -0.685. The summed E-state index contributed by atoms with van der Waals surface area (Å²) in [6, 6.07) is 3.56. The van der Waals surface area contributed by atoms with E-state index in [1.807, 2.05) is 6.92 Å². The number of benzene rings is 1. The van der Waals surface area contributed by atoms with Crippen molar-refractivity contribution in [1.82, 2.24) is 5.32 Å². The fourth-order valence-electron chi connectivity index (χ4n) is 1.76. The Morgan fingerprint density at radius 3 is 2.94 bits per heavy atom. The lowest BCUT2D eigenvalue weighted by Crippen LogP contribution is -2.50. The lowest BCUT2D eigenvalue weighted by molar-refractivity contribution is 0.0348. The molecule has 1 aromatic carbocycles. The van der Waals surface area contributed by atoms with Gasteiger partial charge in [-0.05, 0) is 19.1 Å². The molecule has 1 aromatic rings. The Bertz CT molecular complexity index is 387. The molecule has 0 bridgehead atoms. The third-order valence-electron chi connectivity index (χ3n) is 2.54. The van der Waals surface area contributed by atoms with Crippen molar-refractivity contribution in [1.29, 1.82) is 0 Å². The molecule has 0 spiro atoms. The van der Waals surface area contributed by atoms with Crippen LogP contribution in [0.25, 0.3) is 0 Å². The fraction of sp³-hybridized carbons (Fsp3) is 0.500. The SMILES string of the molecule is CC1COCC(COc2ccc(F)cc2F)N1. The van der Waals surface area contributed by atoms with Gasteiger partial charge in [0.25, 0.3) is 0 Å². The maximum atomic E-state index is 13.3. The molecule has 0 radical (unpaired) electrons. The average molecular weight is 243 g/mol. The van der Waals surface area contributed by atoms with Gasteiger partial charge >= 0.3 is 0 Å². The molecule has 1 saturated heterocycles. The molecular weight excluding hydrogens is 228 g/mol. The molecule has 94 valence electrons. The second-order valence-corrected chi connectivity index (χ2v) is 4.19. The molecule has 0 aromatic heterocycles. The van der Waals surface area contributed by atoms with Gasteiger partial charge in [0.2, 0.25) is 0 Å². The summed E-state index contributed by atoms with van der Waals surface area (Å²) in [4.78, 5) is 0. The molecule has 3 nitrogen and oxygen atoms in total. The van der Waals surface area contributed by atoms with Crippen molar-refractivity contribution in [2.45, 2.75) is 19.0 Å². The van der Waals surface area contributed by atoms with E-state index in [0.717, 1.165) is 6.07 Å². The lowest BCUT2D eigenvalue weighted by Gasteiger charge is -2.28. The Kier molecular flexibility index (Phi) is 3.91. The second kappa shape index (κ2) is 5.42. The number of halogens is 2. The third kappa shape index (κ3) is 3.38. The van der Waals surface area contributed by atoms with Gasteiger partial charge in [-0.1, -0.05) is 0 Å². The Hall–Kier alpha value is -1.20. The van der Waals surface area contributed by atoms with E-state index in [9.17, 15) is 8.78 Å². The largest absolute Gasteiger partial charge is 0.489 e. The number of rotatable bonds is 3. The summed E-state index contributed by atoms with van der Waals surface area (Å²) in [5.41, 5.74) is 0. The molecule has 1 N–H and O–H groups in total. The molecule has 2 rings (SSSR count). The Balaban J connectivity index is 1.88. The van der Waals surface area contributed by atoms with Gasteiger partial charge < -0.3 is 14.8 Å². The van der Waals surface area contributed by atoms with Crippen molar-refractivity contribution < 1.29 is 18.3 Å². The molecule has 0 amide bonds. The number of nitrogens with one attached hydrogen (secondary N) is 1. The van der Waals surface area contributed by atoms with Crippen molar-refractivity contribution in [2.24, 2.45) is 0 Å². The zero-order chi connectivity index (χ0) is 12.3. The number of hydrogen-bond acceptors (Lipinski definition) is 3. The third-order valence-corrected chi connectivity index (χ3v) is 2.54. The number of morpholine rings is 1. The van der Waals surface area contributed by atoms with Crippen molar-refractivity contribution >= 4 is 0 Å². The Morgan fingerprint density at radius 1 is 1.41 bits per heavy atom. The minimum Gasteiger partial charge on any atom is -0.489 e. The van der Waals surface area contributed by atoms with Gasteiger partial charge in [-0.25, -0.2) is 8.78 Å². The smallest absolute Gasteiger partial charge is 0.167 e. The maximum absolute atomic E-state index is 13.3. The molecule has 1 fully saturated rings. The first-order valence-electron chi connectivity index (χ1n) is 5.57. The summed E-state index contributed by atoms with van der Waals surface area (Å²) in [6.45, 7) is 3.51. The first-order chi connectivity index (χ1) is 8.15. The van der Waals surface area contributed by atoms with E-state index in [4.69, 9.17) is 9.47 Å². The van der Waals surface area contributed by atoms with Gasteiger partial charge in [-0.15, -0.1) is 0 Å². The molecule has 0 aliphatic carbocycles. The average Bonchev–Trinajstić information content (AvgIpc) is 2.28. The molecule has 2 unspecified atom stereocenters. The van der Waals surface area contributed by atoms with E-state index in [2.05, 4.69) is 5.32 Å². The van der Waals surface area contributed by atoms with Gasteiger partial charge in [0.05, 0.1) is 19.3 Å². The van der Waals surface area contributed by atoms with Crippen LogP contribution in [0.15, 0.2) is 18.2 Å². The van der Waals surface area contributed by atoms with E-state index in [0.29, 0.717) is 19.8 Å². The molecular formula is C12H15F2NO2. The second-order valence-electron chi connectivity index (χ2n) is 4.19. The Morgan fingerprint density at radius 2 is 2.24 bits per heavy atom. The summed E-state index contributed by atoms with van der Waals surface area (Å²) in [6.07, 6.45) is 0. The minimum absolute atomic E-state index is 0.0307. The van der Waals surface area contributed by atoms with Crippen LogP contribution in [0.3, 0.4) is 0 Å². The first-order valence-corrected chi connectivity index (χ1v) is 5.57. The molecule has 5 heteroatoms. The van der Waals surface area contributed by atoms with Crippen LogP contribution in [0.4, 0.5) is 8.78 Å². The molecule has 1 aliphatic heterocycles. The normalized spacial score (nSPS) is 24.6. The molecule has 17 heavy (non-hydrogen) atoms. The summed E-state index contributed by atoms with van der Waals surface area (Å²) >= 11 is 0. The molecule has 2 atom stereocenters. The molecule has 1 heterocycles. The van der Waals surface area contributed by atoms with E-state index in [-0.39, 0.29) is 17.8 Å². The fourth-order valence-corrected chi connectivity index (χ4v) is 1.76. The monoisotopic (exact) mass is 243 g/mol. The van der Waals surface area contributed by atoms with Crippen LogP contribution in [-0.2, 0) is 4.74 Å². The van der Waals surface area contributed by atoms with Gasteiger partial charge in [-0.3, -0.25) is 0 Å². The summed E-state index contributed by atoms with van der Waals surface area (Å²) in [7, 11) is 0. The van der Waals surface area contributed by atoms with Crippen LogP contribution < -0.4 is 10.1 Å². The predicted molar refractivity (Wildman–Crippen MR) is 59.1 cm³/mol. The van der Waals surface area contributed by atoms with Crippen molar-refractivity contribution in [3.8, 4) is 5.75 Å². The zero-order valence-electron chi connectivity index (χ0n) is 9.58. The van der Waals surface area contributed by atoms with Crippen molar-refractivity contribution in [2.75, 3.05) is 19.8 Å². The summed E-state index contributed by atoms with van der Waals surface area (Å²) in [5.74, 6) is -1.23. The molecule has 0 saturated carbocycles. The highest BCUT2D eigenvalue weighted by atomic mass is 19.1. The van der Waals surface area contributed by atoms with E-state index in [1.165, 1.54) is 12.1 Å². The first kappa shape index (κ1) is 12.3. The van der Waals surface area contributed by atoms with Gasteiger partial charge in [0.15, 0.2) is 11.6 Å². The highest BCUT2D eigenvalue weighted by molar-refractivity contribution is 5.24. The van der Waals surface area contributed by atoms with Crippen LogP contribution in [0.2, 0.25) is 0 Å². The molecule has 1 aliphatic rings. The zero-order valence-corrected chi connectivity index (χ0v) is 9.58. The standard InChI is InChI=1S/C12H15F2NO2/c1-8-5-16-6-10(15-8)7-17-12-3-2-9(13)4-11(12)14/h2-4,8,10,15H,5-7H2,1H3. The van der Waals surface area contributed by atoms with Crippen LogP contribution in [-0.4, -0.2) is 31.9 Å². The van der Waals surface area contributed by atoms with E-state index in [1.54, 1.807) is 0 Å². The summed E-state index contributed by atoms with van der Waals surface area (Å²) in [5, 5.41) is 3.27. The highest BCUT2D eigenvalue weighted by Crippen LogP contribution is 2.17. The Labute approximate surface area is 98.7 Å². The summed E-state index contributed by atoms with van der Waals surface area (Å²) < 4.78 is 36.6. The maximum Gasteiger partial charge on any atom is 0.167 e. The van der Waals surface area contributed by atoms with E-state index < -0.39 is 11.6 Å². The van der Waals surface area contributed by atoms with Crippen LogP contribution in [0.5, 0.6) is 5.75 Å². The predicted octanol–water partition coefficient (Wildman–Crippen LogP) is 1.72. The lowest BCUT2D eigenvalue weighted by atomic mass is 10.2. The quantitative estimate of drug-likeness (QED) is 0.876. The highest BCUT2D eigenvalue weighted by Gasteiger charge is 2.19. The van der Waals surface area contributed by atoms with Gasteiger partial charge in [0.1, 0.15) is 12.4 Å². The van der Waals surface area contributed by atoms with Crippen molar-refractivity contribution in [3.63, 3.8) is 0 Å². The van der Waals surface area contributed by atoms with E-state index >= 15 is 0 Å². The van der Waals surface area contributed by atoms with Crippen LogP contribution >= 0.6 is 0 Å². The number of ether oxygens (including phenoxy) is 2. The van der Waals surface area contributed by atoms with Crippen LogP contribution in [0.1, 0.15) is 6.92 Å². The van der Waals surface area contributed by atoms with Crippen LogP contribution in [0, 0.1) is 11.6 Å². The van der Waals surface area contributed by atoms with Gasteiger partial charge in [0, 0.05) is 12.1 Å². The number of hydrogen-bond donors (Lipinski definition) is 1.